The Bertz CT molecular complexity index is 1100. The van der Waals surface area contributed by atoms with Crippen LogP contribution in [0.25, 0.3) is 11.2 Å². The zero-order valence-corrected chi connectivity index (χ0v) is 22.2. The molecule has 4 heterocycles. The Morgan fingerprint density at radius 1 is 0.742 bits per heavy atom. The molecule has 3 nitrogen and oxygen atoms in total. The largest absolute Gasteiger partial charge is 0.321 e. The van der Waals surface area contributed by atoms with E-state index in [1.807, 2.05) is 31.5 Å². The molecule has 0 amide bonds. The molecule has 5 rings (SSSR count). The van der Waals surface area contributed by atoms with Crippen molar-refractivity contribution in [2.45, 2.75) is 41.5 Å². The Labute approximate surface area is 211 Å². The maximum absolute atomic E-state index is 4.24. The normalized spacial score (nSPS) is 10.0. The second kappa shape index (κ2) is 11.4. The summed E-state index contributed by atoms with van der Waals surface area (Å²) in [6.45, 7) is 12.5. The molecule has 5 aromatic rings. The first-order valence-electron chi connectivity index (χ1n) is 10.2. The maximum atomic E-state index is 4.24. The molecule has 0 fully saturated rings. The van der Waals surface area contributed by atoms with Gasteiger partial charge in [0.15, 0.2) is 0 Å². The summed E-state index contributed by atoms with van der Waals surface area (Å²) in [6, 6.07) is 21.9. The molecule has 157 valence electrons. The van der Waals surface area contributed by atoms with Crippen LogP contribution < -0.4 is 0 Å². The number of benzene rings is 1. The van der Waals surface area contributed by atoms with Crippen molar-refractivity contribution in [1.29, 1.82) is 0 Å². The van der Waals surface area contributed by atoms with Gasteiger partial charge in [-0.25, -0.2) is 4.98 Å². The smallest absolute Gasteiger partial charge is 0.139 e. The van der Waals surface area contributed by atoms with Crippen LogP contribution in [0.15, 0.2) is 73.2 Å². The zero-order chi connectivity index (χ0) is 21.7. The van der Waals surface area contributed by atoms with E-state index in [4.69, 9.17) is 0 Å². The quantitative estimate of drug-likeness (QED) is 0.226. The molecule has 0 spiro atoms. The summed E-state index contributed by atoms with van der Waals surface area (Å²) in [5.41, 5.74) is 9.96. The first-order chi connectivity index (χ1) is 14.4. The predicted octanol–water partition coefficient (Wildman–Crippen LogP) is 6.61. The van der Waals surface area contributed by atoms with Crippen molar-refractivity contribution in [2.75, 3.05) is 0 Å². The van der Waals surface area contributed by atoms with E-state index in [1.165, 1.54) is 39.2 Å². The van der Waals surface area contributed by atoms with Gasteiger partial charge in [0.1, 0.15) is 5.65 Å². The Hall–Kier alpha value is -2.23. The van der Waals surface area contributed by atoms with Gasteiger partial charge < -0.3 is 8.80 Å². The van der Waals surface area contributed by atoms with E-state index in [0.29, 0.717) is 0 Å². The van der Waals surface area contributed by atoms with Crippen LogP contribution in [0.2, 0.25) is 0 Å². The first kappa shape index (κ1) is 25.0. The van der Waals surface area contributed by atoms with Crippen molar-refractivity contribution < 1.29 is 32.7 Å². The topological polar surface area (TPSA) is 21.7 Å². The van der Waals surface area contributed by atoms with Gasteiger partial charge in [-0.05, 0) is 63.1 Å². The molecule has 0 saturated heterocycles. The van der Waals surface area contributed by atoms with E-state index in [1.54, 1.807) is 0 Å². The van der Waals surface area contributed by atoms with Gasteiger partial charge in [-0.3, -0.25) is 0 Å². The molecule has 0 aliphatic rings. The molecule has 0 aliphatic heterocycles. The number of hydrogen-bond donors (Lipinski definition) is 0. The summed E-state index contributed by atoms with van der Waals surface area (Å²) < 4.78 is 4.30. The van der Waals surface area contributed by atoms with Gasteiger partial charge in [0, 0.05) is 68.2 Å². The Balaban J connectivity index is 0.000000165. The summed E-state index contributed by atoms with van der Waals surface area (Å²) in [5, 5.41) is 0. The zero-order valence-electron chi connectivity index (χ0n) is 19.3. The van der Waals surface area contributed by atoms with E-state index in [-0.39, 0.29) is 32.7 Å². The Morgan fingerprint density at radius 3 is 2.00 bits per heavy atom. The molecule has 0 unspecified atom stereocenters. The molecule has 4 heteroatoms. The van der Waals surface area contributed by atoms with Crippen molar-refractivity contribution in [2.24, 2.45) is 0 Å². The number of pyridine rings is 2. The number of hydrogen-bond acceptors (Lipinski definition) is 1. The van der Waals surface area contributed by atoms with E-state index in [0.717, 1.165) is 5.65 Å². The molecule has 0 aliphatic carbocycles. The summed E-state index contributed by atoms with van der Waals surface area (Å²) in [4.78, 5) is 4.24. The molecule has 0 atom stereocenters. The second-order valence-electron chi connectivity index (χ2n) is 7.75. The first-order valence-corrected chi connectivity index (χ1v) is 10.2. The SMILES string of the molecule is Cc1[c-]ccc(C)c1.Cc1ccc(C)n2cccc12.Cc1ccc(C)n2ccnc12.[Y]. The minimum atomic E-state index is 0. The van der Waals surface area contributed by atoms with Crippen molar-refractivity contribution in [3.8, 4) is 0 Å². The minimum Gasteiger partial charge on any atom is -0.321 e. The molecular weight excluding hydrogens is 455 g/mol. The van der Waals surface area contributed by atoms with Gasteiger partial charge in [-0.15, -0.1) is 0 Å². The van der Waals surface area contributed by atoms with Crippen LogP contribution in [-0.2, 0) is 32.7 Å². The second-order valence-corrected chi connectivity index (χ2v) is 7.75. The molecular formula is C27H30N3Y-. The molecule has 1 radical (unpaired) electrons. The monoisotopic (exact) mass is 485 g/mol. The number of fused-ring (bicyclic) bond motifs is 2. The fraction of sp³-hybridized carbons (Fsp3) is 0.222. The number of aryl methyl sites for hydroxylation is 6. The van der Waals surface area contributed by atoms with Gasteiger partial charge in [0.2, 0.25) is 0 Å². The van der Waals surface area contributed by atoms with Gasteiger partial charge in [-0.1, -0.05) is 26.0 Å². The summed E-state index contributed by atoms with van der Waals surface area (Å²) in [7, 11) is 0. The van der Waals surface area contributed by atoms with Gasteiger partial charge in [0.25, 0.3) is 0 Å². The van der Waals surface area contributed by atoms with Crippen molar-refractivity contribution in [3.05, 3.63) is 113 Å². The predicted molar refractivity (Wildman–Crippen MR) is 126 cm³/mol. The van der Waals surface area contributed by atoms with Gasteiger partial charge in [-0.2, -0.15) is 35.4 Å². The number of aromatic nitrogens is 3. The summed E-state index contributed by atoms with van der Waals surface area (Å²) >= 11 is 0. The molecule has 0 N–H and O–H groups in total. The number of nitrogens with zero attached hydrogens (tertiary/aromatic N) is 3. The molecule has 0 bridgehead atoms. The van der Waals surface area contributed by atoms with Crippen LogP contribution in [0, 0.1) is 47.6 Å². The number of imidazole rings is 1. The van der Waals surface area contributed by atoms with Crippen molar-refractivity contribution >= 4 is 11.2 Å². The van der Waals surface area contributed by atoms with Crippen molar-refractivity contribution in [3.63, 3.8) is 0 Å². The molecule has 0 saturated carbocycles. The number of rotatable bonds is 0. The van der Waals surface area contributed by atoms with Gasteiger partial charge in [0.05, 0.1) is 0 Å². The van der Waals surface area contributed by atoms with Crippen LogP contribution in [0.3, 0.4) is 0 Å². The fourth-order valence-corrected chi connectivity index (χ4v) is 3.44. The maximum Gasteiger partial charge on any atom is 0.139 e. The van der Waals surface area contributed by atoms with Crippen LogP contribution in [0.5, 0.6) is 0 Å². The fourth-order valence-electron chi connectivity index (χ4n) is 3.44. The van der Waals surface area contributed by atoms with E-state index in [9.17, 15) is 0 Å². The van der Waals surface area contributed by atoms with Gasteiger partial charge >= 0.3 is 0 Å². The average Bonchev–Trinajstić information content (AvgIpc) is 3.39. The standard InChI is InChI=1S/C10H11N.C9H10N2.C8H9.Y/c1-8-5-6-9(2)11-7-3-4-10(8)11;1-7-3-4-8(2)11-6-5-10-9(7)11;1-7-4-3-5-8(2)6-7;/h3-7H,1-2H3;3-6H,1-2H3;3-4,6H,1-2H3;/q;;-1;. The Morgan fingerprint density at radius 2 is 1.42 bits per heavy atom. The van der Waals surface area contributed by atoms with Crippen LogP contribution in [0.4, 0.5) is 0 Å². The third-order valence-electron chi connectivity index (χ3n) is 5.16. The Kier molecular flexibility index (Phi) is 9.21. The molecule has 1 aromatic carbocycles. The average molecular weight is 485 g/mol. The van der Waals surface area contributed by atoms with E-state index < -0.39 is 0 Å². The van der Waals surface area contributed by atoms with E-state index in [2.05, 4.69) is 103 Å². The summed E-state index contributed by atoms with van der Waals surface area (Å²) in [5.74, 6) is 0. The molecule has 4 aromatic heterocycles. The minimum absolute atomic E-state index is 0. The third kappa shape index (κ3) is 6.38. The van der Waals surface area contributed by atoms with Crippen molar-refractivity contribution in [1.82, 2.24) is 13.8 Å². The molecule has 31 heavy (non-hydrogen) atoms. The third-order valence-corrected chi connectivity index (χ3v) is 5.16. The summed E-state index contributed by atoms with van der Waals surface area (Å²) in [6.07, 6.45) is 5.91. The van der Waals surface area contributed by atoms with Crippen LogP contribution >= 0.6 is 0 Å². The van der Waals surface area contributed by atoms with E-state index >= 15 is 0 Å². The van der Waals surface area contributed by atoms with Crippen LogP contribution in [-0.4, -0.2) is 13.8 Å². The van der Waals surface area contributed by atoms with Crippen LogP contribution in [0.1, 0.15) is 33.6 Å².